The lowest BCUT2D eigenvalue weighted by molar-refractivity contribution is -0.132. The molecule has 0 aliphatic carbocycles. The molecule has 1 aliphatic rings. The van der Waals surface area contributed by atoms with Gasteiger partial charge in [0.15, 0.2) is 0 Å². The topological polar surface area (TPSA) is 78.9 Å². The number of para-hydroxylation sites is 1. The minimum absolute atomic E-state index is 0.00373. The van der Waals surface area contributed by atoms with E-state index < -0.39 is 17.7 Å². The number of thiophene rings is 1. The van der Waals surface area contributed by atoms with Gasteiger partial charge in [0.1, 0.15) is 24.0 Å². The Balaban J connectivity index is 1.62. The summed E-state index contributed by atoms with van der Waals surface area (Å²) in [6.07, 6.45) is -0.968. The average molecular weight is 346 g/mol. The number of urea groups is 1. The molecule has 0 spiro atoms. The van der Waals surface area contributed by atoms with E-state index in [1.165, 1.54) is 11.3 Å². The number of β-amino-alcohol motifs (C(OH)–C–C–N with tert-alkyl or cyclic N) is 1. The van der Waals surface area contributed by atoms with Crippen LogP contribution in [0.3, 0.4) is 0 Å². The van der Waals surface area contributed by atoms with Crippen LogP contribution in [0.5, 0.6) is 5.75 Å². The van der Waals surface area contributed by atoms with Crippen molar-refractivity contribution < 1.29 is 19.4 Å². The van der Waals surface area contributed by atoms with Gasteiger partial charge in [-0.1, -0.05) is 18.2 Å². The molecule has 2 heterocycles. The Morgan fingerprint density at radius 3 is 2.71 bits per heavy atom. The highest BCUT2D eigenvalue weighted by atomic mass is 32.1. The molecule has 2 N–H and O–H groups in total. The monoisotopic (exact) mass is 346 g/mol. The molecule has 0 bridgehead atoms. The van der Waals surface area contributed by atoms with Crippen molar-refractivity contribution in [3.05, 3.63) is 52.7 Å². The minimum atomic E-state index is -1.09. The number of hydrogen-bond donors (Lipinski definition) is 2. The van der Waals surface area contributed by atoms with Crippen molar-refractivity contribution in [2.75, 3.05) is 13.2 Å². The van der Waals surface area contributed by atoms with Gasteiger partial charge in [-0.05, 0) is 41.4 Å². The second kappa shape index (κ2) is 6.62. The van der Waals surface area contributed by atoms with Crippen LogP contribution in [-0.4, -0.2) is 41.2 Å². The van der Waals surface area contributed by atoms with Crippen LogP contribution in [0.2, 0.25) is 0 Å². The molecule has 1 aromatic carbocycles. The summed E-state index contributed by atoms with van der Waals surface area (Å²) in [7, 11) is 0. The van der Waals surface area contributed by atoms with Gasteiger partial charge in [-0.3, -0.25) is 9.69 Å². The van der Waals surface area contributed by atoms with E-state index in [9.17, 15) is 14.7 Å². The molecule has 2 atom stereocenters. The largest absolute Gasteiger partial charge is 0.491 e. The Morgan fingerprint density at radius 1 is 1.29 bits per heavy atom. The molecular formula is C17H18N2O4S. The van der Waals surface area contributed by atoms with E-state index in [1.807, 2.05) is 29.0 Å². The summed E-state index contributed by atoms with van der Waals surface area (Å²) in [4.78, 5) is 25.8. The second-order valence-electron chi connectivity index (χ2n) is 5.76. The number of aliphatic hydroxyl groups is 1. The highest BCUT2D eigenvalue weighted by Crippen LogP contribution is 2.30. The minimum Gasteiger partial charge on any atom is -0.491 e. The highest BCUT2D eigenvalue weighted by molar-refractivity contribution is 7.08. The van der Waals surface area contributed by atoms with Crippen molar-refractivity contribution in [3.63, 3.8) is 0 Å². The van der Waals surface area contributed by atoms with Crippen LogP contribution in [0.4, 0.5) is 4.79 Å². The Labute approximate surface area is 143 Å². The predicted octanol–water partition coefficient (Wildman–Crippen LogP) is 1.95. The number of aliphatic hydroxyl groups excluding tert-OH is 1. The van der Waals surface area contributed by atoms with E-state index in [-0.39, 0.29) is 19.1 Å². The van der Waals surface area contributed by atoms with E-state index in [4.69, 9.17) is 4.74 Å². The Kier molecular flexibility index (Phi) is 4.55. The maximum Gasteiger partial charge on any atom is 0.325 e. The average Bonchev–Trinajstić information content (AvgIpc) is 3.19. The smallest absolute Gasteiger partial charge is 0.325 e. The molecule has 6 nitrogen and oxygen atoms in total. The number of rotatable bonds is 6. The molecule has 3 amide bonds. The SMILES string of the molecule is C[C@@]1(c2ccsc2)NC(=O)N(C[C@@H](O)COc2ccccc2)C1=O. The molecule has 0 radical (unpaired) electrons. The lowest BCUT2D eigenvalue weighted by Gasteiger charge is -2.22. The first-order valence-corrected chi connectivity index (χ1v) is 8.47. The van der Waals surface area contributed by atoms with Gasteiger partial charge in [0.05, 0.1) is 6.54 Å². The van der Waals surface area contributed by atoms with Crippen molar-refractivity contribution >= 4 is 23.3 Å². The third-order valence-electron chi connectivity index (χ3n) is 3.95. The number of carbonyl (C=O) groups is 2. The normalized spacial score (nSPS) is 21.7. The maximum atomic E-state index is 12.6. The van der Waals surface area contributed by atoms with E-state index >= 15 is 0 Å². The number of nitrogens with zero attached hydrogens (tertiary/aromatic N) is 1. The number of hydrogen-bond acceptors (Lipinski definition) is 5. The molecule has 0 saturated carbocycles. The molecule has 1 aliphatic heterocycles. The summed E-state index contributed by atoms with van der Waals surface area (Å²) >= 11 is 1.46. The van der Waals surface area contributed by atoms with Gasteiger partial charge in [-0.2, -0.15) is 11.3 Å². The van der Waals surface area contributed by atoms with Crippen LogP contribution in [0.15, 0.2) is 47.2 Å². The fourth-order valence-electron chi connectivity index (χ4n) is 2.58. The maximum absolute atomic E-state index is 12.6. The lowest BCUT2D eigenvalue weighted by atomic mass is 9.95. The quantitative estimate of drug-likeness (QED) is 0.784. The van der Waals surface area contributed by atoms with Gasteiger partial charge in [-0.15, -0.1) is 0 Å². The third kappa shape index (κ3) is 3.13. The second-order valence-corrected chi connectivity index (χ2v) is 6.54. The first-order valence-electron chi connectivity index (χ1n) is 7.53. The molecule has 126 valence electrons. The van der Waals surface area contributed by atoms with Gasteiger partial charge in [0, 0.05) is 0 Å². The molecule has 1 aromatic heterocycles. The summed E-state index contributed by atoms with van der Waals surface area (Å²) in [5, 5.41) is 16.5. The van der Waals surface area contributed by atoms with Gasteiger partial charge in [0.2, 0.25) is 0 Å². The number of imide groups is 1. The van der Waals surface area contributed by atoms with Crippen molar-refractivity contribution in [1.29, 1.82) is 0 Å². The number of carbonyl (C=O) groups excluding carboxylic acids is 2. The number of ether oxygens (including phenoxy) is 1. The van der Waals surface area contributed by atoms with Crippen LogP contribution < -0.4 is 10.1 Å². The first kappa shape index (κ1) is 16.5. The van der Waals surface area contributed by atoms with Crippen LogP contribution in [0.25, 0.3) is 0 Å². The molecule has 1 saturated heterocycles. The van der Waals surface area contributed by atoms with Gasteiger partial charge >= 0.3 is 6.03 Å². The van der Waals surface area contributed by atoms with E-state index in [1.54, 1.807) is 25.1 Å². The zero-order valence-corrected chi connectivity index (χ0v) is 14.0. The molecule has 7 heteroatoms. The van der Waals surface area contributed by atoms with Crippen molar-refractivity contribution in [2.24, 2.45) is 0 Å². The number of amides is 3. The van der Waals surface area contributed by atoms with E-state index in [2.05, 4.69) is 5.32 Å². The third-order valence-corrected chi connectivity index (χ3v) is 4.64. The fraction of sp³-hybridized carbons (Fsp3) is 0.294. The van der Waals surface area contributed by atoms with E-state index in [0.29, 0.717) is 5.75 Å². The first-order chi connectivity index (χ1) is 11.5. The van der Waals surface area contributed by atoms with Gasteiger partial charge in [-0.25, -0.2) is 4.79 Å². The molecule has 2 aromatic rings. The van der Waals surface area contributed by atoms with Gasteiger partial charge < -0.3 is 15.2 Å². The predicted molar refractivity (Wildman–Crippen MR) is 89.9 cm³/mol. The van der Waals surface area contributed by atoms with Crippen molar-refractivity contribution in [2.45, 2.75) is 18.6 Å². The Morgan fingerprint density at radius 2 is 2.04 bits per heavy atom. The summed E-state index contributed by atoms with van der Waals surface area (Å²) < 4.78 is 5.45. The highest BCUT2D eigenvalue weighted by Gasteiger charge is 2.49. The van der Waals surface area contributed by atoms with Crippen molar-refractivity contribution in [1.82, 2.24) is 10.2 Å². The number of nitrogens with one attached hydrogen (secondary N) is 1. The van der Waals surface area contributed by atoms with Crippen molar-refractivity contribution in [3.8, 4) is 5.75 Å². The lowest BCUT2D eigenvalue weighted by Crippen LogP contribution is -2.42. The Hall–Kier alpha value is -2.38. The van der Waals surface area contributed by atoms with Crippen LogP contribution in [-0.2, 0) is 10.3 Å². The summed E-state index contributed by atoms with van der Waals surface area (Å²) in [5.41, 5.74) is -0.347. The zero-order valence-electron chi connectivity index (χ0n) is 13.1. The van der Waals surface area contributed by atoms with E-state index in [0.717, 1.165) is 10.5 Å². The van der Waals surface area contributed by atoms with Crippen LogP contribution in [0, 0.1) is 0 Å². The number of benzene rings is 1. The molecular weight excluding hydrogens is 328 g/mol. The summed E-state index contributed by atoms with van der Waals surface area (Å²) in [5.74, 6) is 0.251. The molecule has 24 heavy (non-hydrogen) atoms. The van der Waals surface area contributed by atoms with Gasteiger partial charge in [0.25, 0.3) is 5.91 Å². The summed E-state index contributed by atoms with van der Waals surface area (Å²) in [6, 6.07) is 10.4. The fourth-order valence-corrected chi connectivity index (χ4v) is 3.34. The van der Waals surface area contributed by atoms with Crippen LogP contribution >= 0.6 is 11.3 Å². The Bertz CT molecular complexity index is 719. The standard InChI is InChI=1S/C17H18N2O4S/c1-17(12-7-8-24-11-12)15(21)19(16(22)18-17)9-13(20)10-23-14-5-3-2-4-6-14/h2-8,11,13,20H,9-10H2,1H3,(H,18,22)/t13-,17+/m1/s1. The molecule has 0 unspecified atom stereocenters. The summed E-state index contributed by atoms with van der Waals surface area (Å²) in [6.45, 7) is 1.55. The van der Waals surface area contributed by atoms with Crippen LogP contribution in [0.1, 0.15) is 12.5 Å². The molecule has 3 rings (SSSR count). The molecule has 1 fully saturated rings. The zero-order chi connectivity index (χ0) is 17.2.